The summed E-state index contributed by atoms with van der Waals surface area (Å²) in [5.74, 6) is -0.596. The minimum Gasteiger partial charge on any atom is -0.396 e. The third kappa shape index (κ3) is 3.02. The van der Waals surface area contributed by atoms with Crippen LogP contribution >= 0.6 is 0 Å². The lowest BCUT2D eigenvalue weighted by Gasteiger charge is -2.50. The minimum absolute atomic E-state index is 0.0731. The van der Waals surface area contributed by atoms with Gasteiger partial charge in [0.1, 0.15) is 5.92 Å². The fourth-order valence-electron chi connectivity index (χ4n) is 6.14. The van der Waals surface area contributed by atoms with Crippen LogP contribution < -0.4 is 0 Å². The SMILES string of the molecule is C[C@@H]1C(=O)C(C#N)C[C@@]2(c3ccccc3)c3[nH]nc(-c4cccc(CCO)c4)c3CCC12. The van der Waals surface area contributed by atoms with Crippen LogP contribution in [0.25, 0.3) is 11.3 Å². The van der Waals surface area contributed by atoms with Gasteiger partial charge in [-0.05, 0) is 48.8 Å². The number of fused-ring (bicyclic) bond motifs is 3. The second-order valence-corrected chi connectivity index (χ2v) is 9.16. The van der Waals surface area contributed by atoms with E-state index < -0.39 is 11.3 Å². The van der Waals surface area contributed by atoms with E-state index in [1.165, 1.54) is 5.56 Å². The quantitative estimate of drug-likeness (QED) is 0.655. The average Bonchev–Trinajstić information content (AvgIpc) is 3.27. The molecule has 2 aromatic carbocycles. The third-order valence-electron chi connectivity index (χ3n) is 7.62. The molecule has 2 unspecified atom stereocenters. The molecule has 5 nitrogen and oxygen atoms in total. The van der Waals surface area contributed by atoms with Crippen LogP contribution in [0.5, 0.6) is 0 Å². The highest BCUT2D eigenvalue weighted by atomic mass is 16.3. The number of aromatic nitrogens is 2. The van der Waals surface area contributed by atoms with Crippen molar-refractivity contribution in [2.75, 3.05) is 6.61 Å². The van der Waals surface area contributed by atoms with Crippen LogP contribution in [0.15, 0.2) is 54.6 Å². The van der Waals surface area contributed by atoms with Crippen molar-refractivity contribution in [3.8, 4) is 17.3 Å². The Morgan fingerprint density at radius 3 is 2.78 bits per heavy atom. The van der Waals surface area contributed by atoms with E-state index in [2.05, 4.69) is 35.4 Å². The van der Waals surface area contributed by atoms with E-state index in [4.69, 9.17) is 5.10 Å². The number of aromatic amines is 1. The van der Waals surface area contributed by atoms with Gasteiger partial charge in [-0.25, -0.2) is 0 Å². The van der Waals surface area contributed by atoms with E-state index in [0.717, 1.165) is 40.9 Å². The number of hydrogen-bond acceptors (Lipinski definition) is 4. The molecule has 3 aromatic rings. The number of aliphatic hydroxyl groups excluding tert-OH is 1. The number of nitrogens with zero attached hydrogens (tertiary/aromatic N) is 2. The molecule has 0 radical (unpaired) electrons. The maximum Gasteiger partial charge on any atom is 0.153 e. The lowest BCUT2D eigenvalue weighted by molar-refractivity contribution is -0.131. The van der Waals surface area contributed by atoms with Crippen molar-refractivity contribution in [3.63, 3.8) is 0 Å². The second-order valence-electron chi connectivity index (χ2n) is 9.16. The first-order valence-electron chi connectivity index (χ1n) is 11.4. The van der Waals surface area contributed by atoms with Crippen molar-refractivity contribution in [3.05, 3.63) is 77.0 Å². The van der Waals surface area contributed by atoms with Crippen molar-refractivity contribution in [2.24, 2.45) is 17.8 Å². The van der Waals surface area contributed by atoms with Gasteiger partial charge in [0.25, 0.3) is 0 Å². The Hall–Kier alpha value is -3.23. The Morgan fingerprint density at radius 1 is 1.22 bits per heavy atom. The molecule has 0 bridgehead atoms. The molecule has 1 fully saturated rings. The zero-order valence-electron chi connectivity index (χ0n) is 18.2. The molecule has 0 saturated heterocycles. The van der Waals surface area contributed by atoms with E-state index >= 15 is 0 Å². The second kappa shape index (κ2) is 8.03. The van der Waals surface area contributed by atoms with Crippen molar-refractivity contribution >= 4 is 5.78 Å². The number of Topliss-reactive ketones (excluding diaryl/α,β-unsaturated/α-hetero) is 1. The predicted molar refractivity (Wildman–Crippen MR) is 122 cm³/mol. The van der Waals surface area contributed by atoms with Gasteiger partial charge in [0.2, 0.25) is 0 Å². The Morgan fingerprint density at radius 2 is 2.03 bits per heavy atom. The highest BCUT2D eigenvalue weighted by Gasteiger charge is 2.56. The largest absolute Gasteiger partial charge is 0.396 e. The molecule has 0 aliphatic heterocycles. The number of nitriles is 1. The number of rotatable bonds is 4. The summed E-state index contributed by atoms with van der Waals surface area (Å²) in [6, 6.07) is 20.8. The molecule has 2 aliphatic rings. The van der Waals surface area contributed by atoms with Crippen LogP contribution in [0.4, 0.5) is 0 Å². The lowest BCUT2D eigenvalue weighted by Crippen LogP contribution is -2.52. The summed E-state index contributed by atoms with van der Waals surface area (Å²) < 4.78 is 0. The first-order valence-corrected chi connectivity index (χ1v) is 11.4. The first-order chi connectivity index (χ1) is 15.6. The molecule has 162 valence electrons. The number of carbonyl (C=O) groups is 1. The molecule has 32 heavy (non-hydrogen) atoms. The summed E-state index contributed by atoms with van der Waals surface area (Å²) in [5.41, 5.74) is 6.01. The van der Waals surface area contributed by atoms with Gasteiger partial charge >= 0.3 is 0 Å². The Kier molecular flexibility index (Phi) is 5.19. The van der Waals surface area contributed by atoms with Crippen LogP contribution in [-0.2, 0) is 23.1 Å². The number of hydrogen-bond donors (Lipinski definition) is 2. The summed E-state index contributed by atoms with van der Waals surface area (Å²) >= 11 is 0. The molecule has 2 N–H and O–H groups in total. The maximum atomic E-state index is 13.0. The van der Waals surface area contributed by atoms with Crippen LogP contribution in [0.3, 0.4) is 0 Å². The molecule has 0 spiro atoms. The fraction of sp³-hybridized carbons (Fsp3) is 0.370. The van der Waals surface area contributed by atoms with E-state index in [1.807, 2.05) is 37.3 Å². The lowest BCUT2D eigenvalue weighted by atomic mass is 9.51. The van der Waals surface area contributed by atoms with Gasteiger partial charge in [-0.3, -0.25) is 9.89 Å². The Balaban J connectivity index is 1.70. The fourth-order valence-corrected chi connectivity index (χ4v) is 6.14. The van der Waals surface area contributed by atoms with Gasteiger partial charge in [-0.1, -0.05) is 55.5 Å². The highest BCUT2D eigenvalue weighted by Crippen LogP contribution is 2.56. The van der Waals surface area contributed by atoms with Crippen LogP contribution in [0, 0.1) is 29.1 Å². The number of aliphatic hydroxyl groups is 1. The molecule has 5 heteroatoms. The van der Waals surface area contributed by atoms with E-state index in [9.17, 15) is 15.2 Å². The van der Waals surface area contributed by atoms with Crippen LogP contribution in [0.1, 0.15) is 42.1 Å². The molecule has 1 aromatic heterocycles. The standard InChI is InChI=1S/C27H27N3O2/c1-17-23-11-10-22-24(19-7-5-6-18(14-19)12-13-31)29-30-26(22)27(23,15-20(16-28)25(17)32)21-8-3-2-4-9-21/h2-9,14,17,20,23,31H,10-13,15H2,1H3,(H,29,30)/t17-,20?,23?,27-/m0/s1. The van der Waals surface area contributed by atoms with Crippen LogP contribution in [0.2, 0.25) is 0 Å². The average molecular weight is 426 g/mol. The Labute approximate surface area is 188 Å². The topological polar surface area (TPSA) is 89.8 Å². The molecule has 1 saturated carbocycles. The zero-order chi connectivity index (χ0) is 22.3. The predicted octanol–water partition coefficient (Wildman–Crippen LogP) is 4.21. The molecule has 1 heterocycles. The minimum atomic E-state index is -0.618. The number of benzene rings is 2. The van der Waals surface area contributed by atoms with Crippen molar-refractivity contribution in [1.82, 2.24) is 10.2 Å². The summed E-state index contributed by atoms with van der Waals surface area (Å²) in [5, 5.41) is 27.3. The highest BCUT2D eigenvalue weighted by molar-refractivity contribution is 5.87. The number of H-pyrrole nitrogens is 1. The van der Waals surface area contributed by atoms with Gasteiger partial charge < -0.3 is 5.11 Å². The van der Waals surface area contributed by atoms with Crippen molar-refractivity contribution in [1.29, 1.82) is 5.26 Å². The maximum absolute atomic E-state index is 13.0. The molecule has 5 rings (SSSR count). The molecule has 0 amide bonds. The summed E-state index contributed by atoms with van der Waals surface area (Å²) in [6.45, 7) is 2.11. The van der Waals surface area contributed by atoms with Gasteiger partial charge in [0.15, 0.2) is 5.78 Å². The van der Waals surface area contributed by atoms with Crippen molar-refractivity contribution in [2.45, 2.75) is 38.0 Å². The Bertz CT molecular complexity index is 1190. The summed E-state index contributed by atoms with van der Waals surface area (Å²) in [4.78, 5) is 13.0. The molecule has 2 aliphatic carbocycles. The number of carbonyl (C=O) groups excluding carboxylic acids is 1. The van der Waals surface area contributed by atoms with Gasteiger partial charge in [-0.2, -0.15) is 10.4 Å². The summed E-state index contributed by atoms with van der Waals surface area (Å²) in [6.07, 6.45) is 2.83. The third-order valence-corrected chi connectivity index (χ3v) is 7.62. The number of nitrogens with one attached hydrogen (secondary N) is 1. The first kappa shape index (κ1) is 20.7. The van der Waals surface area contributed by atoms with E-state index in [-0.39, 0.29) is 24.2 Å². The zero-order valence-corrected chi connectivity index (χ0v) is 18.2. The van der Waals surface area contributed by atoms with Crippen molar-refractivity contribution < 1.29 is 9.90 Å². The van der Waals surface area contributed by atoms with Crippen LogP contribution in [-0.4, -0.2) is 27.7 Å². The summed E-state index contributed by atoms with van der Waals surface area (Å²) in [7, 11) is 0. The monoisotopic (exact) mass is 425 g/mol. The van der Waals surface area contributed by atoms with E-state index in [1.54, 1.807) is 0 Å². The molecular weight excluding hydrogens is 398 g/mol. The van der Waals surface area contributed by atoms with Gasteiger partial charge in [0, 0.05) is 34.8 Å². The normalized spacial score (nSPS) is 26.8. The van der Waals surface area contributed by atoms with Gasteiger partial charge in [0.05, 0.1) is 11.8 Å². The molecular formula is C27H27N3O2. The number of ketones is 1. The molecule has 4 atom stereocenters. The van der Waals surface area contributed by atoms with Gasteiger partial charge in [-0.15, -0.1) is 0 Å². The smallest absolute Gasteiger partial charge is 0.153 e. The van der Waals surface area contributed by atoms with E-state index in [0.29, 0.717) is 12.8 Å².